The Kier molecular flexibility index (Phi) is 5.16. The number of fused-ring (bicyclic) bond motifs is 2. The maximum absolute atomic E-state index is 12.2. The highest BCUT2D eigenvalue weighted by Crippen LogP contribution is 2.27. The van der Waals surface area contributed by atoms with Crippen molar-refractivity contribution in [1.29, 1.82) is 0 Å². The van der Waals surface area contributed by atoms with E-state index >= 15 is 0 Å². The smallest absolute Gasteiger partial charge is 0.227 e. The number of nitrogens with zero attached hydrogens (tertiary/aromatic N) is 1. The summed E-state index contributed by atoms with van der Waals surface area (Å²) in [4.78, 5) is 28.9. The molecule has 1 aromatic heterocycles. The van der Waals surface area contributed by atoms with Crippen molar-refractivity contribution in [2.75, 3.05) is 11.9 Å². The number of hydrogen-bond donors (Lipinski definition) is 2. The Morgan fingerprint density at radius 1 is 1.19 bits per heavy atom. The molecule has 1 aliphatic heterocycles. The standard InChI is InChI=1S/C21H21N3O2S/c25-19(22-12-11-20-23-17-7-3-4-8-18(17)27-20)10-9-15-13-14-5-1-2-6-16(14)24-21(15)26/h1-8,15H,9-13H2,(H,22,25)(H,24,26). The summed E-state index contributed by atoms with van der Waals surface area (Å²) in [6, 6.07) is 15.9. The summed E-state index contributed by atoms with van der Waals surface area (Å²) in [7, 11) is 0. The third-order valence-corrected chi connectivity index (χ3v) is 5.93. The van der Waals surface area contributed by atoms with Crippen molar-refractivity contribution in [3.05, 3.63) is 59.1 Å². The first-order chi connectivity index (χ1) is 13.2. The van der Waals surface area contributed by atoms with Gasteiger partial charge >= 0.3 is 0 Å². The number of amides is 2. The number of benzene rings is 2. The van der Waals surface area contributed by atoms with Crippen LogP contribution < -0.4 is 10.6 Å². The summed E-state index contributed by atoms with van der Waals surface area (Å²) in [5.41, 5.74) is 3.03. The zero-order valence-electron chi connectivity index (χ0n) is 14.9. The van der Waals surface area contributed by atoms with Crippen LogP contribution >= 0.6 is 11.3 Å². The highest BCUT2D eigenvalue weighted by molar-refractivity contribution is 7.18. The van der Waals surface area contributed by atoms with E-state index in [9.17, 15) is 9.59 Å². The van der Waals surface area contributed by atoms with E-state index in [0.29, 0.717) is 25.8 Å². The van der Waals surface area contributed by atoms with Gasteiger partial charge in [-0.25, -0.2) is 4.98 Å². The number of carbonyl (C=O) groups excluding carboxylic acids is 2. The Labute approximate surface area is 161 Å². The van der Waals surface area contributed by atoms with Crippen molar-refractivity contribution >= 4 is 39.1 Å². The molecular weight excluding hydrogens is 358 g/mol. The quantitative estimate of drug-likeness (QED) is 0.688. The van der Waals surface area contributed by atoms with Crippen LogP contribution in [0.3, 0.4) is 0 Å². The first-order valence-electron chi connectivity index (χ1n) is 9.19. The van der Waals surface area contributed by atoms with Crippen molar-refractivity contribution in [2.45, 2.75) is 25.7 Å². The molecule has 2 heterocycles. The molecule has 0 saturated carbocycles. The minimum Gasteiger partial charge on any atom is -0.356 e. The van der Waals surface area contributed by atoms with Crippen molar-refractivity contribution in [3.63, 3.8) is 0 Å². The predicted molar refractivity (Wildman–Crippen MR) is 108 cm³/mol. The number of rotatable bonds is 6. The van der Waals surface area contributed by atoms with Gasteiger partial charge in [0.2, 0.25) is 11.8 Å². The molecule has 5 nitrogen and oxygen atoms in total. The fourth-order valence-electron chi connectivity index (χ4n) is 3.38. The van der Waals surface area contributed by atoms with Crippen molar-refractivity contribution in [3.8, 4) is 0 Å². The van der Waals surface area contributed by atoms with Gasteiger partial charge in [-0.15, -0.1) is 11.3 Å². The van der Waals surface area contributed by atoms with Crippen LogP contribution in [-0.4, -0.2) is 23.3 Å². The molecule has 27 heavy (non-hydrogen) atoms. The third-order valence-electron chi connectivity index (χ3n) is 4.83. The van der Waals surface area contributed by atoms with Crippen LogP contribution in [0.1, 0.15) is 23.4 Å². The van der Waals surface area contributed by atoms with E-state index in [1.165, 1.54) is 4.70 Å². The molecule has 138 valence electrons. The normalized spacial score (nSPS) is 16.0. The van der Waals surface area contributed by atoms with E-state index in [1.807, 2.05) is 42.5 Å². The van der Waals surface area contributed by atoms with Gasteiger partial charge in [-0.05, 0) is 36.6 Å². The second kappa shape index (κ2) is 7.88. The molecular formula is C21H21N3O2S. The molecule has 2 N–H and O–H groups in total. The van der Waals surface area contributed by atoms with Gasteiger partial charge in [-0.3, -0.25) is 9.59 Å². The fourth-order valence-corrected chi connectivity index (χ4v) is 4.34. The van der Waals surface area contributed by atoms with Gasteiger partial charge in [0.25, 0.3) is 0 Å². The lowest BCUT2D eigenvalue weighted by Gasteiger charge is -2.24. The number of nitrogens with one attached hydrogen (secondary N) is 2. The molecule has 4 rings (SSSR count). The van der Waals surface area contributed by atoms with Gasteiger partial charge in [0.05, 0.1) is 15.2 Å². The summed E-state index contributed by atoms with van der Waals surface area (Å²) in [6.45, 7) is 0.568. The molecule has 0 bridgehead atoms. The molecule has 1 atom stereocenters. The molecule has 6 heteroatoms. The van der Waals surface area contributed by atoms with Crippen molar-refractivity contribution in [2.24, 2.45) is 5.92 Å². The third kappa shape index (κ3) is 4.17. The average Bonchev–Trinajstić information content (AvgIpc) is 3.09. The maximum atomic E-state index is 12.2. The fraction of sp³-hybridized carbons (Fsp3) is 0.286. The molecule has 2 aromatic carbocycles. The van der Waals surface area contributed by atoms with Crippen LogP contribution in [0.5, 0.6) is 0 Å². The van der Waals surface area contributed by atoms with Gasteiger partial charge in [0.1, 0.15) is 0 Å². The zero-order chi connectivity index (χ0) is 18.6. The molecule has 0 aliphatic carbocycles. The predicted octanol–water partition coefficient (Wildman–Crippen LogP) is 3.55. The molecule has 0 fully saturated rings. The molecule has 1 aliphatic rings. The first kappa shape index (κ1) is 17.7. The monoisotopic (exact) mass is 379 g/mol. The van der Waals surface area contributed by atoms with Gasteiger partial charge in [-0.2, -0.15) is 0 Å². The van der Waals surface area contributed by atoms with Crippen LogP contribution in [0.25, 0.3) is 10.2 Å². The first-order valence-corrected chi connectivity index (χ1v) is 10.0. The van der Waals surface area contributed by atoms with Crippen molar-refractivity contribution in [1.82, 2.24) is 10.3 Å². The second-order valence-electron chi connectivity index (χ2n) is 6.76. The van der Waals surface area contributed by atoms with E-state index in [4.69, 9.17) is 0 Å². The average molecular weight is 379 g/mol. The minimum absolute atomic E-state index is 0.0102. The number of anilines is 1. The van der Waals surface area contributed by atoms with E-state index in [-0.39, 0.29) is 17.7 Å². The minimum atomic E-state index is -0.144. The number of hydrogen-bond acceptors (Lipinski definition) is 4. The Bertz CT molecular complexity index is 949. The number of aromatic nitrogens is 1. The molecule has 0 saturated heterocycles. The van der Waals surface area contributed by atoms with Crippen LogP contribution in [-0.2, 0) is 22.4 Å². The summed E-state index contributed by atoms with van der Waals surface area (Å²) in [6.07, 6.45) is 2.34. The van der Waals surface area contributed by atoms with Crippen LogP contribution in [0.4, 0.5) is 5.69 Å². The largest absolute Gasteiger partial charge is 0.356 e. The number of thiazole rings is 1. The van der Waals surface area contributed by atoms with Crippen molar-refractivity contribution < 1.29 is 9.59 Å². The van der Waals surface area contributed by atoms with E-state index < -0.39 is 0 Å². The summed E-state index contributed by atoms with van der Waals surface area (Å²) < 4.78 is 1.17. The SMILES string of the molecule is O=C(CCC1Cc2ccccc2NC1=O)NCCc1nc2ccccc2s1. The van der Waals surface area contributed by atoms with Crippen LogP contribution in [0.2, 0.25) is 0 Å². The van der Waals surface area contributed by atoms with E-state index in [1.54, 1.807) is 11.3 Å². The number of carbonyl (C=O) groups is 2. The summed E-state index contributed by atoms with van der Waals surface area (Å²) >= 11 is 1.66. The summed E-state index contributed by atoms with van der Waals surface area (Å²) in [5.74, 6) is -0.145. The zero-order valence-corrected chi connectivity index (χ0v) is 15.7. The lowest BCUT2D eigenvalue weighted by Crippen LogP contribution is -2.32. The van der Waals surface area contributed by atoms with Crippen LogP contribution in [0.15, 0.2) is 48.5 Å². The molecule has 3 aromatic rings. The van der Waals surface area contributed by atoms with Gasteiger partial charge in [0.15, 0.2) is 0 Å². The van der Waals surface area contributed by atoms with Gasteiger partial charge < -0.3 is 10.6 Å². The van der Waals surface area contributed by atoms with Gasteiger partial charge in [-0.1, -0.05) is 30.3 Å². The highest BCUT2D eigenvalue weighted by Gasteiger charge is 2.26. The van der Waals surface area contributed by atoms with E-state index in [2.05, 4.69) is 21.7 Å². The molecule has 0 spiro atoms. The molecule has 1 unspecified atom stereocenters. The van der Waals surface area contributed by atoms with E-state index in [0.717, 1.165) is 28.2 Å². The highest BCUT2D eigenvalue weighted by atomic mass is 32.1. The van der Waals surface area contributed by atoms with Gasteiger partial charge in [0, 0.05) is 31.0 Å². The summed E-state index contributed by atoms with van der Waals surface area (Å²) in [5, 5.41) is 6.91. The molecule has 2 amide bonds. The van der Waals surface area contributed by atoms with Crippen LogP contribution in [0, 0.1) is 5.92 Å². The second-order valence-corrected chi connectivity index (χ2v) is 7.88. The lowest BCUT2D eigenvalue weighted by molar-refractivity contribution is -0.122. The lowest BCUT2D eigenvalue weighted by atomic mass is 9.89. The maximum Gasteiger partial charge on any atom is 0.227 e. The topological polar surface area (TPSA) is 71.1 Å². The molecule has 0 radical (unpaired) electrons. The Morgan fingerprint density at radius 2 is 2.00 bits per heavy atom. The Hall–Kier alpha value is -2.73. The number of para-hydroxylation sites is 2. The Balaban J connectivity index is 1.23. The Morgan fingerprint density at radius 3 is 2.89 bits per heavy atom.